The fourth-order valence-corrected chi connectivity index (χ4v) is 5.58. The summed E-state index contributed by atoms with van der Waals surface area (Å²) in [6.45, 7) is 2.79. The van der Waals surface area contributed by atoms with Crippen LogP contribution in [0.15, 0.2) is 12.1 Å². The van der Waals surface area contributed by atoms with E-state index in [1.54, 1.807) is 11.3 Å². The predicted octanol–water partition coefficient (Wildman–Crippen LogP) is 2.37. The van der Waals surface area contributed by atoms with Crippen LogP contribution in [0, 0.1) is 0 Å². The topological polar surface area (TPSA) is 57.7 Å². The number of likely N-dealkylation sites (tertiary alicyclic amines) is 1. The predicted molar refractivity (Wildman–Crippen MR) is 96.6 cm³/mol. The summed E-state index contributed by atoms with van der Waals surface area (Å²) >= 11 is 1.63. The summed E-state index contributed by atoms with van der Waals surface area (Å²) in [5.41, 5.74) is 2.21. The number of thiazole rings is 1. The Morgan fingerprint density at radius 1 is 1.28 bits per heavy atom. The van der Waals surface area contributed by atoms with Crippen molar-refractivity contribution in [1.29, 1.82) is 0 Å². The molecule has 2 atom stereocenters. The highest BCUT2D eigenvalue weighted by atomic mass is 32.1. The molecule has 1 aliphatic carbocycles. The molecule has 1 saturated carbocycles. The van der Waals surface area contributed by atoms with Crippen LogP contribution in [0.1, 0.15) is 24.8 Å². The van der Waals surface area contributed by atoms with Crippen LogP contribution in [-0.2, 0) is 6.42 Å². The lowest BCUT2D eigenvalue weighted by Crippen LogP contribution is -2.52. The summed E-state index contributed by atoms with van der Waals surface area (Å²) in [5.74, 6) is 0.950. The van der Waals surface area contributed by atoms with Crippen LogP contribution in [0.3, 0.4) is 0 Å². The Morgan fingerprint density at radius 3 is 3.08 bits per heavy atom. The Hall–Kier alpha value is -1.86. The fraction of sp³-hybridized carbons (Fsp3) is 0.556. The fourth-order valence-electron chi connectivity index (χ4n) is 4.53. The average Bonchev–Trinajstić information content (AvgIpc) is 3.05. The number of aromatic nitrogens is 1. The minimum Gasteiger partial charge on any atom is -0.493 e. The Balaban J connectivity index is 1.39. The van der Waals surface area contributed by atoms with Gasteiger partial charge < -0.3 is 10.1 Å². The number of nitrogens with one attached hydrogen (secondary N) is 1. The molecule has 0 bridgehead atoms. The van der Waals surface area contributed by atoms with Crippen LogP contribution in [0.4, 0.5) is 9.93 Å². The first-order valence-electron chi connectivity index (χ1n) is 9.17. The maximum Gasteiger partial charge on any atom is 0.324 e. The number of amides is 2. The maximum absolute atomic E-state index is 12.7. The van der Waals surface area contributed by atoms with Crippen LogP contribution in [0.25, 0.3) is 10.2 Å². The monoisotopic (exact) mass is 356 g/mol. The number of hydrogen-bond donors (Lipinski definition) is 1. The van der Waals surface area contributed by atoms with Gasteiger partial charge in [0.05, 0.1) is 28.9 Å². The van der Waals surface area contributed by atoms with Crippen LogP contribution >= 0.6 is 11.3 Å². The summed E-state index contributed by atoms with van der Waals surface area (Å²) < 4.78 is 6.80. The molecule has 6 rings (SSSR count). The van der Waals surface area contributed by atoms with Crippen molar-refractivity contribution >= 4 is 32.7 Å². The van der Waals surface area contributed by atoms with Gasteiger partial charge in [0, 0.05) is 31.1 Å². The number of hydrogen-bond acceptors (Lipinski definition) is 5. The minimum atomic E-state index is 0.0135. The first-order valence-corrected chi connectivity index (χ1v) is 9.98. The van der Waals surface area contributed by atoms with Gasteiger partial charge in [-0.2, -0.15) is 0 Å². The standard InChI is InChI=1S/C18H20N4O2S/c23-17-19-12-5-7-21(10-1-2-10)9-13(12)22(17)18-20-16-11-6-8-24-14(11)3-4-15(16)25-18/h3-4,10,12-13H,1-2,5-9H2,(H,19,23). The van der Waals surface area contributed by atoms with Gasteiger partial charge in [0.1, 0.15) is 5.75 Å². The molecular weight excluding hydrogens is 336 g/mol. The molecule has 2 aromatic rings. The zero-order valence-corrected chi connectivity index (χ0v) is 14.7. The van der Waals surface area contributed by atoms with Gasteiger partial charge in [0.2, 0.25) is 0 Å². The molecule has 1 aromatic heterocycles. The molecule has 2 saturated heterocycles. The SMILES string of the molecule is O=C1NC2CCN(C3CC3)CC2N1c1nc2c3c(ccc2s1)OCC3. The first kappa shape index (κ1) is 14.3. The molecule has 3 fully saturated rings. The van der Waals surface area contributed by atoms with E-state index in [9.17, 15) is 4.79 Å². The molecule has 4 aliphatic rings. The number of anilines is 1. The molecule has 0 spiro atoms. The zero-order chi connectivity index (χ0) is 16.5. The van der Waals surface area contributed by atoms with Gasteiger partial charge in [0.25, 0.3) is 0 Å². The molecule has 1 N–H and O–H groups in total. The van der Waals surface area contributed by atoms with E-state index >= 15 is 0 Å². The highest BCUT2D eigenvalue weighted by molar-refractivity contribution is 7.22. The van der Waals surface area contributed by atoms with Crippen LogP contribution in [0.5, 0.6) is 5.75 Å². The third-order valence-corrected chi connectivity index (χ3v) is 6.98. The third kappa shape index (κ3) is 2.12. The van der Waals surface area contributed by atoms with E-state index in [4.69, 9.17) is 9.72 Å². The van der Waals surface area contributed by atoms with E-state index < -0.39 is 0 Å². The largest absolute Gasteiger partial charge is 0.493 e. The molecule has 3 aliphatic heterocycles. The molecular formula is C18H20N4O2S. The van der Waals surface area contributed by atoms with Gasteiger partial charge in [-0.1, -0.05) is 11.3 Å². The lowest BCUT2D eigenvalue weighted by Gasteiger charge is -2.36. The van der Waals surface area contributed by atoms with E-state index in [-0.39, 0.29) is 18.1 Å². The lowest BCUT2D eigenvalue weighted by atomic mass is 10.0. The molecule has 6 nitrogen and oxygen atoms in total. The zero-order valence-electron chi connectivity index (χ0n) is 13.9. The van der Waals surface area contributed by atoms with E-state index in [1.165, 1.54) is 18.4 Å². The van der Waals surface area contributed by atoms with Crippen molar-refractivity contribution in [1.82, 2.24) is 15.2 Å². The summed E-state index contributed by atoms with van der Waals surface area (Å²) in [5, 5.41) is 4.01. The van der Waals surface area contributed by atoms with E-state index in [1.807, 2.05) is 11.0 Å². The number of rotatable bonds is 2. The number of benzene rings is 1. The number of carbonyl (C=O) groups is 1. The van der Waals surface area contributed by atoms with Gasteiger partial charge in [-0.25, -0.2) is 9.78 Å². The number of nitrogens with zero attached hydrogens (tertiary/aromatic N) is 3. The molecule has 130 valence electrons. The summed E-state index contributed by atoms with van der Waals surface area (Å²) in [6, 6.07) is 5.32. The molecule has 0 radical (unpaired) electrons. The van der Waals surface area contributed by atoms with Crippen molar-refractivity contribution in [2.75, 3.05) is 24.6 Å². The summed E-state index contributed by atoms with van der Waals surface area (Å²) in [7, 11) is 0. The second-order valence-electron chi connectivity index (χ2n) is 7.49. The van der Waals surface area contributed by atoms with E-state index in [0.717, 1.165) is 59.7 Å². The van der Waals surface area contributed by atoms with Crippen molar-refractivity contribution in [2.45, 2.75) is 43.8 Å². The van der Waals surface area contributed by atoms with E-state index in [0.29, 0.717) is 0 Å². The van der Waals surface area contributed by atoms with Gasteiger partial charge in [-0.3, -0.25) is 9.80 Å². The molecule has 2 amide bonds. The van der Waals surface area contributed by atoms with Crippen molar-refractivity contribution in [3.63, 3.8) is 0 Å². The number of ether oxygens (including phenoxy) is 1. The second-order valence-corrected chi connectivity index (χ2v) is 8.50. The number of fused-ring (bicyclic) bond motifs is 4. The Bertz CT molecular complexity index is 877. The average molecular weight is 356 g/mol. The summed E-state index contributed by atoms with van der Waals surface area (Å²) in [4.78, 5) is 22.0. The second kappa shape index (κ2) is 5.08. The molecule has 25 heavy (non-hydrogen) atoms. The number of carbonyl (C=O) groups excluding carboxylic acids is 1. The third-order valence-electron chi connectivity index (χ3n) is 5.96. The van der Waals surface area contributed by atoms with Crippen LogP contribution in [0.2, 0.25) is 0 Å². The van der Waals surface area contributed by atoms with Crippen molar-refractivity contribution < 1.29 is 9.53 Å². The smallest absolute Gasteiger partial charge is 0.324 e. The van der Waals surface area contributed by atoms with Gasteiger partial charge in [0.15, 0.2) is 5.13 Å². The highest BCUT2D eigenvalue weighted by Gasteiger charge is 2.47. The number of piperidine rings is 1. The van der Waals surface area contributed by atoms with E-state index in [2.05, 4.69) is 16.3 Å². The number of urea groups is 1. The molecule has 2 unspecified atom stereocenters. The van der Waals surface area contributed by atoms with Crippen LogP contribution < -0.4 is 15.0 Å². The highest BCUT2D eigenvalue weighted by Crippen LogP contribution is 2.40. The van der Waals surface area contributed by atoms with Gasteiger partial charge >= 0.3 is 6.03 Å². The van der Waals surface area contributed by atoms with Crippen LogP contribution in [-0.4, -0.2) is 53.7 Å². The van der Waals surface area contributed by atoms with Gasteiger partial charge in [-0.05, 0) is 31.4 Å². The van der Waals surface area contributed by atoms with Crippen molar-refractivity contribution in [3.8, 4) is 5.75 Å². The summed E-state index contributed by atoms with van der Waals surface area (Å²) in [6.07, 6.45) is 4.57. The molecule has 7 heteroatoms. The quantitative estimate of drug-likeness (QED) is 0.898. The van der Waals surface area contributed by atoms with Gasteiger partial charge in [-0.15, -0.1) is 0 Å². The normalized spacial score (nSPS) is 28.8. The van der Waals surface area contributed by atoms with Crippen molar-refractivity contribution in [3.05, 3.63) is 17.7 Å². The van der Waals surface area contributed by atoms with Crippen molar-refractivity contribution in [2.24, 2.45) is 0 Å². The Morgan fingerprint density at radius 2 is 2.20 bits per heavy atom. The lowest BCUT2D eigenvalue weighted by molar-refractivity contribution is 0.187. The minimum absolute atomic E-state index is 0.0135. The first-order chi connectivity index (χ1) is 12.3. The molecule has 1 aromatic carbocycles. The Kier molecular flexibility index (Phi) is 2.91. The Labute approximate surface area is 149 Å². The maximum atomic E-state index is 12.7. The molecule has 4 heterocycles.